The number of ether oxygens (including phenoxy) is 1. The van der Waals surface area contributed by atoms with Crippen molar-refractivity contribution >= 4 is 5.91 Å². The summed E-state index contributed by atoms with van der Waals surface area (Å²) in [6.45, 7) is 1.26. The SMILES string of the molecule is COCc1ccc(C(=O)NCC(N2CCNCC2)C(F)(F)F)o1. The number of carbonyl (C=O) groups excluding carboxylic acids is 1. The van der Waals surface area contributed by atoms with E-state index in [4.69, 9.17) is 9.15 Å². The van der Waals surface area contributed by atoms with Gasteiger partial charge in [-0.25, -0.2) is 0 Å². The maximum absolute atomic E-state index is 13.2. The summed E-state index contributed by atoms with van der Waals surface area (Å²) in [5.74, 6) is -0.262. The average Bonchev–Trinajstić information content (AvgIpc) is 2.96. The molecule has 1 saturated heterocycles. The molecule has 0 aromatic carbocycles. The highest BCUT2D eigenvalue weighted by Gasteiger charge is 2.43. The summed E-state index contributed by atoms with van der Waals surface area (Å²) < 4.78 is 49.7. The number of methoxy groups -OCH3 is 1. The number of nitrogens with one attached hydrogen (secondary N) is 2. The molecule has 0 aliphatic carbocycles. The fourth-order valence-corrected chi connectivity index (χ4v) is 2.44. The van der Waals surface area contributed by atoms with E-state index >= 15 is 0 Å². The number of piperazine rings is 1. The third kappa shape index (κ3) is 4.95. The maximum atomic E-state index is 13.2. The second kappa shape index (κ2) is 7.80. The van der Waals surface area contributed by atoms with Crippen LogP contribution in [0.4, 0.5) is 13.2 Å². The maximum Gasteiger partial charge on any atom is 0.405 e. The zero-order chi connectivity index (χ0) is 16.9. The molecule has 0 spiro atoms. The number of amides is 1. The predicted octanol–water partition coefficient (Wildman–Crippen LogP) is 0.992. The fraction of sp³-hybridized carbons (Fsp3) is 0.643. The molecular weight excluding hydrogens is 315 g/mol. The monoisotopic (exact) mass is 335 g/mol. The molecule has 2 rings (SSSR count). The lowest BCUT2D eigenvalue weighted by Gasteiger charge is -2.35. The van der Waals surface area contributed by atoms with Crippen LogP contribution in [-0.2, 0) is 11.3 Å². The van der Waals surface area contributed by atoms with Crippen molar-refractivity contribution in [3.8, 4) is 0 Å². The van der Waals surface area contributed by atoms with Gasteiger partial charge in [0.2, 0.25) is 0 Å². The van der Waals surface area contributed by atoms with Crippen LogP contribution in [0.25, 0.3) is 0 Å². The number of hydrogen-bond donors (Lipinski definition) is 2. The molecule has 0 saturated carbocycles. The van der Waals surface area contributed by atoms with Crippen LogP contribution in [-0.4, -0.2) is 62.9 Å². The number of furan rings is 1. The Hall–Kier alpha value is -1.58. The van der Waals surface area contributed by atoms with Gasteiger partial charge in [-0.2, -0.15) is 13.2 Å². The second-order valence-electron chi connectivity index (χ2n) is 5.25. The van der Waals surface area contributed by atoms with E-state index in [9.17, 15) is 18.0 Å². The standard InChI is InChI=1S/C14H20F3N3O3/c1-22-9-10-2-3-11(23-10)13(21)19-8-12(14(15,16)17)20-6-4-18-5-7-20/h2-3,12,18H,4-9H2,1H3,(H,19,21). The van der Waals surface area contributed by atoms with Crippen molar-refractivity contribution in [3.05, 3.63) is 23.7 Å². The van der Waals surface area contributed by atoms with Crippen molar-refractivity contribution in [3.63, 3.8) is 0 Å². The molecule has 1 unspecified atom stereocenters. The zero-order valence-electron chi connectivity index (χ0n) is 12.8. The summed E-state index contributed by atoms with van der Waals surface area (Å²) in [6, 6.07) is 1.26. The number of hydrogen-bond acceptors (Lipinski definition) is 5. The summed E-state index contributed by atoms with van der Waals surface area (Å²) in [4.78, 5) is 13.3. The summed E-state index contributed by atoms with van der Waals surface area (Å²) in [5.41, 5.74) is 0. The Balaban J connectivity index is 1.95. The first-order valence-electron chi connectivity index (χ1n) is 7.29. The van der Waals surface area contributed by atoms with Gasteiger partial charge in [-0.1, -0.05) is 0 Å². The Bertz CT molecular complexity index is 513. The van der Waals surface area contributed by atoms with Gasteiger partial charge in [-0.05, 0) is 12.1 Å². The Morgan fingerprint density at radius 3 is 2.74 bits per heavy atom. The Morgan fingerprint density at radius 2 is 2.13 bits per heavy atom. The third-order valence-corrected chi connectivity index (χ3v) is 3.60. The van der Waals surface area contributed by atoms with Gasteiger partial charge in [0.25, 0.3) is 5.91 Å². The second-order valence-corrected chi connectivity index (χ2v) is 5.25. The Kier molecular flexibility index (Phi) is 6.03. The van der Waals surface area contributed by atoms with E-state index < -0.39 is 24.7 Å². The summed E-state index contributed by atoms with van der Waals surface area (Å²) in [7, 11) is 1.48. The lowest BCUT2D eigenvalue weighted by atomic mass is 10.2. The van der Waals surface area contributed by atoms with Gasteiger partial charge in [0, 0.05) is 39.8 Å². The Morgan fingerprint density at radius 1 is 1.43 bits per heavy atom. The highest BCUT2D eigenvalue weighted by molar-refractivity contribution is 5.91. The molecule has 0 radical (unpaired) electrons. The molecule has 1 aromatic rings. The lowest BCUT2D eigenvalue weighted by Crippen LogP contribution is -2.57. The first-order valence-corrected chi connectivity index (χ1v) is 7.29. The van der Waals surface area contributed by atoms with Gasteiger partial charge >= 0.3 is 6.18 Å². The first-order chi connectivity index (χ1) is 10.9. The first kappa shape index (κ1) is 17.8. The summed E-state index contributed by atoms with van der Waals surface area (Å²) >= 11 is 0. The van der Waals surface area contributed by atoms with Crippen LogP contribution in [0.5, 0.6) is 0 Å². The number of carbonyl (C=O) groups is 1. The molecule has 1 atom stereocenters. The minimum atomic E-state index is -4.41. The zero-order valence-corrected chi connectivity index (χ0v) is 12.8. The third-order valence-electron chi connectivity index (χ3n) is 3.60. The van der Waals surface area contributed by atoms with E-state index in [-0.39, 0.29) is 12.4 Å². The molecule has 6 nitrogen and oxygen atoms in total. The smallest absolute Gasteiger partial charge is 0.405 e. The predicted molar refractivity (Wildman–Crippen MR) is 76.0 cm³/mol. The van der Waals surface area contributed by atoms with Crippen LogP contribution < -0.4 is 10.6 Å². The van der Waals surface area contributed by atoms with E-state index in [1.165, 1.54) is 18.1 Å². The van der Waals surface area contributed by atoms with Crippen LogP contribution in [0, 0.1) is 0 Å². The average molecular weight is 335 g/mol. The van der Waals surface area contributed by atoms with Gasteiger partial charge in [0.05, 0.1) is 0 Å². The van der Waals surface area contributed by atoms with Gasteiger partial charge in [0.1, 0.15) is 18.4 Å². The van der Waals surface area contributed by atoms with Crippen molar-refractivity contribution in [1.82, 2.24) is 15.5 Å². The van der Waals surface area contributed by atoms with Gasteiger partial charge in [-0.3, -0.25) is 9.69 Å². The van der Waals surface area contributed by atoms with E-state index in [1.54, 1.807) is 6.07 Å². The lowest BCUT2D eigenvalue weighted by molar-refractivity contribution is -0.183. The van der Waals surface area contributed by atoms with E-state index in [2.05, 4.69) is 10.6 Å². The minimum absolute atomic E-state index is 0.0294. The van der Waals surface area contributed by atoms with Crippen LogP contribution in [0.15, 0.2) is 16.5 Å². The molecule has 1 amide bonds. The van der Waals surface area contributed by atoms with Gasteiger partial charge in [-0.15, -0.1) is 0 Å². The molecule has 2 N–H and O–H groups in total. The van der Waals surface area contributed by atoms with E-state index in [0.717, 1.165) is 0 Å². The molecule has 130 valence electrons. The quantitative estimate of drug-likeness (QED) is 0.812. The van der Waals surface area contributed by atoms with Gasteiger partial charge in [0.15, 0.2) is 5.76 Å². The van der Waals surface area contributed by atoms with Crippen molar-refractivity contribution in [2.24, 2.45) is 0 Å². The Labute approximate surface area is 132 Å². The molecule has 2 heterocycles. The fourth-order valence-electron chi connectivity index (χ4n) is 2.44. The normalized spacial score (nSPS) is 17.9. The van der Waals surface area contributed by atoms with Crippen molar-refractivity contribution in [1.29, 1.82) is 0 Å². The molecule has 1 fully saturated rings. The largest absolute Gasteiger partial charge is 0.453 e. The summed E-state index contributed by atoms with van der Waals surface area (Å²) in [6.07, 6.45) is -4.41. The molecule has 1 aliphatic rings. The van der Waals surface area contributed by atoms with E-state index in [0.29, 0.717) is 31.9 Å². The highest BCUT2D eigenvalue weighted by atomic mass is 19.4. The molecule has 1 aromatic heterocycles. The van der Waals surface area contributed by atoms with Crippen LogP contribution in [0.2, 0.25) is 0 Å². The van der Waals surface area contributed by atoms with Crippen LogP contribution in [0.3, 0.4) is 0 Å². The number of halogens is 3. The van der Waals surface area contributed by atoms with Crippen molar-refractivity contribution in [2.45, 2.75) is 18.8 Å². The number of rotatable bonds is 6. The molecule has 0 bridgehead atoms. The van der Waals surface area contributed by atoms with Crippen LogP contribution in [0.1, 0.15) is 16.3 Å². The molecular formula is C14H20F3N3O3. The summed E-state index contributed by atoms with van der Waals surface area (Å²) in [5, 5.41) is 5.31. The molecule has 23 heavy (non-hydrogen) atoms. The number of nitrogens with zero attached hydrogens (tertiary/aromatic N) is 1. The molecule has 9 heteroatoms. The van der Waals surface area contributed by atoms with Crippen molar-refractivity contribution < 1.29 is 27.1 Å². The highest BCUT2D eigenvalue weighted by Crippen LogP contribution is 2.25. The topological polar surface area (TPSA) is 66.7 Å². The van der Waals surface area contributed by atoms with Gasteiger partial charge < -0.3 is 19.8 Å². The minimum Gasteiger partial charge on any atom is -0.453 e. The number of alkyl halides is 3. The van der Waals surface area contributed by atoms with E-state index in [1.807, 2.05) is 0 Å². The molecule has 1 aliphatic heterocycles. The van der Waals surface area contributed by atoms with Crippen molar-refractivity contribution in [2.75, 3.05) is 39.8 Å². The van der Waals surface area contributed by atoms with Crippen LogP contribution >= 0.6 is 0 Å².